The van der Waals surface area contributed by atoms with E-state index >= 15 is 0 Å². The predicted molar refractivity (Wildman–Crippen MR) is 98.7 cm³/mol. The molecule has 0 N–H and O–H groups in total. The maximum Gasteiger partial charge on any atom is 0.330 e. The molecule has 0 radical (unpaired) electrons. The van der Waals surface area contributed by atoms with E-state index in [2.05, 4.69) is 0 Å². The average Bonchev–Trinajstić information content (AvgIpc) is 2.90. The smallest absolute Gasteiger partial charge is 0.330 e. The van der Waals surface area contributed by atoms with Gasteiger partial charge < -0.3 is 9.64 Å². The topological polar surface area (TPSA) is 46.6 Å². The van der Waals surface area contributed by atoms with Crippen molar-refractivity contribution in [1.29, 1.82) is 0 Å². The number of esters is 1. The van der Waals surface area contributed by atoms with Gasteiger partial charge in [-0.2, -0.15) is 0 Å². The highest BCUT2D eigenvalue weighted by Crippen LogP contribution is 2.37. The van der Waals surface area contributed by atoms with Gasteiger partial charge in [0.25, 0.3) is 5.91 Å². The molecule has 7 heteroatoms. The van der Waals surface area contributed by atoms with E-state index in [9.17, 15) is 9.59 Å². The van der Waals surface area contributed by atoms with E-state index in [-0.39, 0.29) is 34.3 Å². The number of thioether (sulfide) groups is 1. The van der Waals surface area contributed by atoms with Crippen LogP contribution in [-0.4, -0.2) is 40.0 Å². The van der Waals surface area contributed by atoms with Gasteiger partial charge in [0.2, 0.25) is 0 Å². The summed E-state index contributed by atoms with van der Waals surface area (Å²) >= 11 is 13.7. The second-order valence-corrected chi connectivity index (χ2v) is 8.30. The molecule has 0 spiro atoms. The molecular formula is C17H21Cl2NO3S. The third-order valence-electron chi connectivity index (χ3n) is 3.63. The molecule has 0 aromatic heterocycles. The van der Waals surface area contributed by atoms with E-state index in [0.717, 1.165) is 0 Å². The van der Waals surface area contributed by atoms with Crippen LogP contribution in [-0.2, 0) is 9.53 Å². The summed E-state index contributed by atoms with van der Waals surface area (Å²) in [6.07, 6.45) is -0.225. The number of benzene rings is 1. The van der Waals surface area contributed by atoms with Gasteiger partial charge in [0, 0.05) is 10.8 Å². The fourth-order valence-corrected chi connectivity index (χ4v) is 4.55. The molecule has 1 aliphatic rings. The number of carbonyl (C=O) groups is 2. The summed E-state index contributed by atoms with van der Waals surface area (Å²) in [5, 5.41) is 0.639. The lowest BCUT2D eigenvalue weighted by Crippen LogP contribution is -2.48. The lowest BCUT2D eigenvalue weighted by atomic mass is 10.1. The molecule has 1 aliphatic heterocycles. The van der Waals surface area contributed by atoms with Crippen LogP contribution in [0.15, 0.2) is 18.2 Å². The molecule has 0 bridgehead atoms. The molecule has 24 heavy (non-hydrogen) atoms. The van der Waals surface area contributed by atoms with Gasteiger partial charge in [-0.3, -0.25) is 4.79 Å². The molecule has 0 saturated carbocycles. The average molecular weight is 390 g/mol. The normalized spacial score (nSPS) is 20.8. The maximum absolute atomic E-state index is 13.1. The second kappa shape index (κ2) is 7.98. The van der Waals surface area contributed by atoms with Crippen LogP contribution in [0.4, 0.5) is 0 Å². The Bertz CT molecular complexity index is 636. The summed E-state index contributed by atoms with van der Waals surface area (Å²) in [6, 6.07) is 4.14. The first-order valence-corrected chi connectivity index (χ1v) is 9.62. The summed E-state index contributed by atoms with van der Waals surface area (Å²) in [5.41, 5.74) is 0.344. The number of rotatable bonds is 4. The highest BCUT2D eigenvalue weighted by molar-refractivity contribution is 8.00. The molecule has 1 fully saturated rings. The zero-order chi connectivity index (χ0) is 18.0. The molecule has 2 atom stereocenters. The van der Waals surface area contributed by atoms with Crippen LogP contribution in [0.5, 0.6) is 0 Å². The summed E-state index contributed by atoms with van der Waals surface area (Å²) in [7, 11) is 0. The van der Waals surface area contributed by atoms with Crippen molar-refractivity contribution in [2.75, 3.05) is 5.75 Å². The van der Waals surface area contributed by atoms with Crippen LogP contribution in [0.3, 0.4) is 0 Å². The molecule has 2 unspecified atom stereocenters. The van der Waals surface area contributed by atoms with E-state index in [0.29, 0.717) is 16.3 Å². The predicted octanol–water partition coefficient (Wildman–Crippen LogP) is 4.48. The first-order chi connectivity index (χ1) is 11.2. The van der Waals surface area contributed by atoms with Crippen LogP contribution < -0.4 is 0 Å². The molecule has 1 saturated heterocycles. The molecule has 2 rings (SSSR count). The Labute approximate surface area is 156 Å². The number of carbonyl (C=O) groups excluding carboxylic acids is 2. The number of hydrogen-bond acceptors (Lipinski definition) is 4. The van der Waals surface area contributed by atoms with E-state index in [1.807, 2.05) is 13.8 Å². The molecule has 4 nitrogen and oxygen atoms in total. The van der Waals surface area contributed by atoms with Crippen molar-refractivity contribution in [2.45, 2.75) is 45.2 Å². The van der Waals surface area contributed by atoms with E-state index in [4.69, 9.17) is 27.9 Å². The number of halogens is 2. The minimum Gasteiger partial charge on any atom is -0.461 e. The Kier molecular flexibility index (Phi) is 6.46. The summed E-state index contributed by atoms with van der Waals surface area (Å²) in [4.78, 5) is 27.1. The largest absolute Gasteiger partial charge is 0.461 e. The zero-order valence-corrected chi connectivity index (χ0v) is 16.4. The summed E-state index contributed by atoms with van der Waals surface area (Å²) in [5.74, 6) is 0.0674. The molecule has 1 amide bonds. The highest BCUT2D eigenvalue weighted by Gasteiger charge is 2.44. The van der Waals surface area contributed by atoms with Crippen LogP contribution in [0, 0.1) is 5.92 Å². The fraction of sp³-hybridized carbons (Fsp3) is 0.529. The van der Waals surface area contributed by atoms with Crippen LogP contribution in [0.25, 0.3) is 0 Å². The Morgan fingerprint density at radius 1 is 1.25 bits per heavy atom. The molecule has 1 aromatic rings. The molecular weight excluding hydrogens is 369 g/mol. The number of nitrogens with zero attached hydrogens (tertiary/aromatic N) is 1. The zero-order valence-electron chi connectivity index (χ0n) is 14.1. The van der Waals surface area contributed by atoms with Crippen molar-refractivity contribution >= 4 is 46.8 Å². The lowest BCUT2D eigenvalue weighted by molar-refractivity contribution is -0.152. The van der Waals surface area contributed by atoms with Gasteiger partial charge in [0.15, 0.2) is 0 Å². The monoisotopic (exact) mass is 389 g/mol. The Morgan fingerprint density at radius 2 is 1.92 bits per heavy atom. The van der Waals surface area contributed by atoms with E-state index < -0.39 is 6.04 Å². The maximum atomic E-state index is 13.1. The van der Waals surface area contributed by atoms with Crippen molar-refractivity contribution in [3.05, 3.63) is 33.8 Å². The van der Waals surface area contributed by atoms with Gasteiger partial charge in [-0.05, 0) is 38.0 Å². The first-order valence-electron chi connectivity index (χ1n) is 7.82. The Balaban J connectivity index is 2.35. The van der Waals surface area contributed by atoms with Crippen molar-refractivity contribution in [3.63, 3.8) is 0 Å². The second-order valence-electron chi connectivity index (χ2n) is 6.31. The third-order valence-corrected chi connectivity index (χ3v) is 5.79. The van der Waals surface area contributed by atoms with Gasteiger partial charge in [0.05, 0.1) is 22.1 Å². The van der Waals surface area contributed by atoms with Gasteiger partial charge in [-0.25, -0.2) is 4.79 Å². The van der Waals surface area contributed by atoms with Gasteiger partial charge >= 0.3 is 5.97 Å². The Hall–Kier alpha value is -0.910. The van der Waals surface area contributed by atoms with Crippen molar-refractivity contribution in [2.24, 2.45) is 5.92 Å². The van der Waals surface area contributed by atoms with Crippen LogP contribution in [0.2, 0.25) is 10.0 Å². The van der Waals surface area contributed by atoms with Crippen molar-refractivity contribution in [3.8, 4) is 0 Å². The highest BCUT2D eigenvalue weighted by atomic mass is 35.5. The SMILES string of the molecule is CC(C)OC(=O)C1CSC(C(C)C)N1C(=O)c1ccc(Cl)cc1Cl. The van der Waals surface area contributed by atoms with E-state index in [1.165, 1.54) is 6.07 Å². The van der Waals surface area contributed by atoms with Gasteiger partial charge in [0.1, 0.15) is 6.04 Å². The molecule has 1 heterocycles. The number of hydrogen-bond donors (Lipinski definition) is 0. The minimum atomic E-state index is -0.607. The molecule has 132 valence electrons. The molecule has 0 aliphatic carbocycles. The Morgan fingerprint density at radius 3 is 2.46 bits per heavy atom. The first kappa shape index (κ1) is 19.4. The van der Waals surface area contributed by atoms with Crippen LogP contribution >= 0.6 is 35.0 Å². The van der Waals surface area contributed by atoms with Gasteiger partial charge in [-0.1, -0.05) is 37.0 Å². The standard InChI is InChI=1S/C17H21Cl2NO3S/c1-9(2)16-20(14(8-24-16)17(22)23-10(3)4)15(21)12-6-5-11(18)7-13(12)19/h5-7,9-10,14,16H,8H2,1-4H3. The number of ether oxygens (including phenoxy) is 1. The third kappa shape index (κ3) is 4.19. The lowest BCUT2D eigenvalue weighted by Gasteiger charge is -2.31. The molecule has 1 aromatic carbocycles. The van der Waals surface area contributed by atoms with Crippen molar-refractivity contribution < 1.29 is 14.3 Å². The van der Waals surface area contributed by atoms with E-state index in [1.54, 1.807) is 42.6 Å². The minimum absolute atomic E-state index is 0.103. The quantitative estimate of drug-likeness (QED) is 0.711. The summed E-state index contributed by atoms with van der Waals surface area (Å²) < 4.78 is 5.33. The summed E-state index contributed by atoms with van der Waals surface area (Å²) in [6.45, 7) is 7.64. The fourth-order valence-electron chi connectivity index (χ4n) is 2.59. The van der Waals surface area contributed by atoms with Crippen molar-refractivity contribution in [1.82, 2.24) is 4.90 Å². The van der Waals surface area contributed by atoms with Crippen LogP contribution in [0.1, 0.15) is 38.1 Å². The number of amides is 1. The van der Waals surface area contributed by atoms with Gasteiger partial charge in [-0.15, -0.1) is 11.8 Å².